The van der Waals surface area contributed by atoms with Gasteiger partial charge in [-0.1, -0.05) is 52.8 Å². The molecule has 0 rings (SSSR count). The summed E-state index contributed by atoms with van der Waals surface area (Å²) in [6.45, 7) is 14.1. The first-order valence-electron chi connectivity index (χ1n) is 7.77. The molecule has 0 radical (unpaired) electrons. The van der Waals surface area contributed by atoms with Crippen molar-refractivity contribution < 1.29 is 0 Å². The molecular formula is C17H36S. The van der Waals surface area contributed by atoms with Crippen molar-refractivity contribution in [1.29, 1.82) is 0 Å². The molecule has 0 aliphatic carbocycles. The average molecular weight is 273 g/mol. The van der Waals surface area contributed by atoms with Crippen LogP contribution in [0.2, 0.25) is 0 Å². The third-order valence-electron chi connectivity index (χ3n) is 3.94. The largest absolute Gasteiger partial charge is 0.193 e. The number of hydrogen-bond acceptors (Lipinski definition) is 0. The summed E-state index contributed by atoms with van der Waals surface area (Å²) in [5, 5.41) is 2.37. The smallest absolute Gasteiger partial charge is 0.00971 e. The molecule has 0 aromatic heterocycles. The predicted octanol–water partition coefficient (Wildman–Crippen LogP) is 5.83. The van der Waals surface area contributed by atoms with E-state index in [1.165, 1.54) is 31.4 Å². The first-order valence-corrected chi connectivity index (χ1v) is 9.64. The van der Waals surface area contributed by atoms with E-state index < -0.39 is 0 Å². The number of hydrogen-bond donors (Lipinski definition) is 0. The van der Waals surface area contributed by atoms with Crippen LogP contribution in [0.1, 0.15) is 67.2 Å². The fourth-order valence-corrected chi connectivity index (χ4v) is 3.94. The molecule has 110 valence electrons. The van der Waals surface area contributed by atoms with Crippen LogP contribution in [0.4, 0.5) is 0 Å². The van der Waals surface area contributed by atoms with E-state index in [1.54, 1.807) is 0 Å². The highest BCUT2D eigenvalue weighted by Crippen LogP contribution is 2.27. The van der Waals surface area contributed by atoms with Gasteiger partial charge in [0, 0.05) is 0 Å². The van der Waals surface area contributed by atoms with E-state index in [0.717, 1.165) is 23.7 Å². The summed E-state index contributed by atoms with van der Waals surface area (Å²) < 4.78 is 0. The minimum Gasteiger partial charge on any atom is -0.193 e. The van der Waals surface area contributed by atoms with Crippen LogP contribution in [0.25, 0.3) is 0 Å². The second kappa shape index (κ2) is 10.1. The summed E-state index contributed by atoms with van der Waals surface area (Å²) in [7, 11) is 0.536. The summed E-state index contributed by atoms with van der Waals surface area (Å²) in [4.78, 5) is 0. The third-order valence-corrected chi connectivity index (χ3v) is 5.84. The first-order chi connectivity index (χ1) is 8.36. The molecule has 0 aliphatic heterocycles. The first kappa shape index (κ1) is 18.2. The van der Waals surface area contributed by atoms with E-state index in [2.05, 4.69) is 53.2 Å². The zero-order valence-electron chi connectivity index (χ0n) is 13.8. The zero-order chi connectivity index (χ0) is 14.1. The van der Waals surface area contributed by atoms with E-state index in [-0.39, 0.29) is 0 Å². The minimum atomic E-state index is 0.536. The highest BCUT2D eigenvalue weighted by atomic mass is 32.2. The van der Waals surface area contributed by atoms with Crippen molar-refractivity contribution in [2.24, 2.45) is 23.7 Å². The van der Waals surface area contributed by atoms with Gasteiger partial charge in [-0.3, -0.25) is 0 Å². The van der Waals surface area contributed by atoms with Crippen LogP contribution < -0.4 is 0 Å². The predicted molar refractivity (Wildman–Crippen MR) is 90.9 cm³/mol. The Morgan fingerprint density at radius 3 is 2.06 bits per heavy atom. The van der Waals surface area contributed by atoms with E-state index >= 15 is 0 Å². The monoisotopic (exact) mass is 272 g/mol. The van der Waals surface area contributed by atoms with E-state index in [0.29, 0.717) is 10.5 Å². The molecule has 0 saturated carbocycles. The van der Waals surface area contributed by atoms with Crippen LogP contribution in [-0.2, 0) is 0 Å². The maximum atomic E-state index is 2.43. The van der Waals surface area contributed by atoms with Gasteiger partial charge in [-0.2, -0.15) is 10.5 Å². The fraction of sp³-hybridized carbons (Fsp3) is 0.941. The van der Waals surface area contributed by atoms with E-state index in [4.69, 9.17) is 0 Å². The average Bonchev–Trinajstić information content (AvgIpc) is 2.26. The lowest BCUT2D eigenvalue weighted by atomic mass is 9.83. The van der Waals surface area contributed by atoms with Gasteiger partial charge in [-0.15, -0.1) is 0 Å². The highest BCUT2D eigenvalue weighted by molar-refractivity contribution is 8.14. The molecule has 0 nitrogen and oxygen atoms in total. The van der Waals surface area contributed by atoms with Crippen molar-refractivity contribution in [2.45, 2.75) is 67.2 Å². The van der Waals surface area contributed by atoms with Gasteiger partial charge in [-0.25, -0.2) is 0 Å². The van der Waals surface area contributed by atoms with Crippen molar-refractivity contribution in [2.75, 3.05) is 12.0 Å². The maximum Gasteiger partial charge on any atom is -0.00971 e. The normalized spacial score (nSPS) is 17.4. The molecule has 0 aromatic rings. The zero-order valence-corrected chi connectivity index (χ0v) is 14.6. The Morgan fingerprint density at radius 1 is 1.00 bits per heavy atom. The summed E-state index contributed by atoms with van der Waals surface area (Å²) in [5.41, 5.74) is 0. The molecule has 0 N–H and O–H groups in total. The molecular weight excluding hydrogens is 236 g/mol. The van der Waals surface area contributed by atoms with Crippen molar-refractivity contribution in [3.8, 4) is 0 Å². The van der Waals surface area contributed by atoms with Gasteiger partial charge in [0.2, 0.25) is 0 Å². The topological polar surface area (TPSA) is 0 Å². The molecule has 18 heavy (non-hydrogen) atoms. The maximum absolute atomic E-state index is 2.43. The van der Waals surface area contributed by atoms with Crippen LogP contribution >= 0.6 is 10.5 Å². The van der Waals surface area contributed by atoms with Crippen LogP contribution in [0, 0.1) is 23.7 Å². The molecule has 1 heteroatoms. The van der Waals surface area contributed by atoms with Crippen molar-refractivity contribution in [3.05, 3.63) is 0 Å². The van der Waals surface area contributed by atoms with Gasteiger partial charge in [0.15, 0.2) is 0 Å². The molecule has 0 bridgehead atoms. The quantitative estimate of drug-likeness (QED) is 0.463. The molecule has 0 saturated heterocycles. The Kier molecular flexibility index (Phi) is 10.2. The molecule has 3 atom stereocenters. The Morgan fingerprint density at radius 2 is 1.61 bits per heavy atom. The van der Waals surface area contributed by atoms with Gasteiger partial charge in [0.25, 0.3) is 0 Å². The van der Waals surface area contributed by atoms with Crippen LogP contribution in [0.5, 0.6) is 0 Å². The molecule has 0 amide bonds. The SMILES string of the molecule is CC=S(C)CC(C)CCCC(CC(C)C)C(C)C. The highest BCUT2D eigenvalue weighted by Gasteiger charge is 2.15. The summed E-state index contributed by atoms with van der Waals surface area (Å²) in [6.07, 6.45) is 8.07. The van der Waals surface area contributed by atoms with Crippen molar-refractivity contribution >= 4 is 15.9 Å². The standard InChI is InChI=1S/C17H36S/c1-8-18(7)13-16(6)10-9-11-17(15(4)5)12-14(2)3/h8,14-17H,9-13H2,1-7H3. The molecule has 0 aliphatic rings. The summed E-state index contributed by atoms with van der Waals surface area (Å²) in [6, 6.07) is 0. The van der Waals surface area contributed by atoms with Gasteiger partial charge in [-0.05, 0) is 55.4 Å². The van der Waals surface area contributed by atoms with Crippen LogP contribution in [-0.4, -0.2) is 17.4 Å². The Labute approximate surface area is 119 Å². The molecule has 0 fully saturated rings. The van der Waals surface area contributed by atoms with Crippen molar-refractivity contribution in [1.82, 2.24) is 0 Å². The van der Waals surface area contributed by atoms with Gasteiger partial charge < -0.3 is 0 Å². The molecule has 3 unspecified atom stereocenters. The van der Waals surface area contributed by atoms with E-state index in [9.17, 15) is 0 Å². The summed E-state index contributed by atoms with van der Waals surface area (Å²) >= 11 is 0. The summed E-state index contributed by atoms with van der Waals surface area (Å²) in [5.74, 6) is 4.95. The Balaban J connectivity index is 3.91. The van der Waals surface area contributed by atoms with Gasteiger partial charge >= 0.3 is 0 Å². The second-order valence-corrected chi connectivity index (χ2v) is 8.95. The van der Waals surface area contributed by atoms with E-state index in [1.807, 2.05) is 0 Å². The lowest BCUT2D eigenvalue weighted by Gasteiger charge is -2.23. The van der Waals surface area contributed by atoms with Crippen molar-refractivity contribution in [3.63, 3.8) is 0 Å². The molecule has 0 aromatic carbocycles. The van der Waals surface area contributed by atoms with Crippen LogP contribution in [0.15, 0.2) is 0 Å². The number of rotatable bonds is 9. The van der Waals surface area contributed by atoms with Gasteiger partial charge in [0.05, 0.1) is 0 Å². The Bertz CT molecular complexity index is 228. The fourth-order valence-electron chi connectivity index (χ4n) is 2.69. The van der Waals surface area contributed by atoms with Crippen LogP contribution in [0.3, 0.4) is 0 Å². The lowest BCUT2D eigenvalue weighted by Crippen LogP contribution is -2.12. The van der Waals surface area contributed by atoms with Gasteiger partial charge in [0.1, 0.15) is 0 Å². The minimum absolute atomic E-state index is 0.536. The third kappa shape index (κ3) is 9.19. The molecule has 0 spiro atoms. The second-order valence-electron chi connectivity index (χ2n) is 6.76. The Hall–Kier alpha value is 0.220. The molecule has 0 heterocycles. The lowest BCUT2D eigenvalue weighted by molar-refractivity contribution is 0.286.